The third-order valence-electron chi connectivity index (χ3n) is 2.83. The van der Waals surface area contributed by atoms with Gasteiger partial charge in [0.2, 0.25) is 0 Å². The van der Waals surface area contributed by atoms with E-state index in [-0.39, 0.29) is 12.1 Å². The van der Waals surface area contributed by atoms with Crippen LogP contribution < -0.4 is 10.6 Å². The SMILES string of the molecule is CCNc1ccc(C(=O)NCc2cc(F)ccc2F)cn1. The molecule has 1 amide bonds. The fourth-order valence-corrected chi connectivity index (χ4v) is 1.77. The molecule has 0 unspecified atom stereocenters. The number of hydrogen-bond donors (Lipinski definition) is 2. The summed E-state index contributed by atoms with van der Waals surface area (Å²) in [4.78, 5) is 16.0. The van der Waals surface area contributed by atoms with Gasteiger partial charge in [0.05, 0.1) is 5.56 Å². The van der Waals surface area contributed by atoms with E-state index in [0.717, 1.165) is 24.7 Å². The van der Waals surface area contributed by atoms with Crippen LogP contribution in [0.1, 0.15) is 22.8 Å². The molecule has 0 saturated carbocycles. The maximum atomic E-state index is 13.4. The topological polar surface area (TPSA) is 54.0 Å². The van der Waals surface area contributed by atoms with Crippen molar-refractivity contribution >= 4 is 11.7 Å². The molecule has 1 heterocycles. The lowest BCUT2D eigenvalue weighted by atomic mass is 10.2. The number of carbonyl (C=O) groups is 1. The number of nitrogens with zero attached hydrogens (tertiary/aromatic N) is 1. The summed E-state index contributed by atoms with van der Waals surface area (Å²) in [5, 5.41) is 5.54. The van der Waals surface area contributed by atoms with Crippen LogP contribution in [0.3, 0.4) is 0 Å². The fraction of sp³-hybridized carbons (Fsp3) is 0.200. The van der Waals surface area contributed by atoms with Crippen molar-refractivity contribution in [2.45, 2.75) is 13.5 Å². The Morgan fingerprint density at radius 3 is 2.71 bits per heavy atom. The quantitative estimate of drug-likeness (QED) is 0.890. The van der Waals surface area contributed by atoms with Gasteiger partial charge in [-0.25, -0.2) is 13.8 Å². The Hall–Kier alpha value is -2.50. The van der Waals surface area contributed by atoms with Crippen molar-refractivity contribution in [3.63, 3.8) is 0 Å². The Labute approximate surface area is 121 Å². The zero-order valence-corrected chi connectivity index (χ0v) is 11.5. The molecule has 2 rings (SSSR count). The molecule has 2 aromatic rings. The van der Waals surface area contributed by atoms with E-state index < -0.39 is 17.5 Å². The number of rotatable bonds is 5. The summed E-state index contributed by atoms with van der Waals surface area (Å²) in [6.07, 6.45) is 1.43. The zero-order valence-electron chi connectivity index (χ0n) is 11.5. The molecular formula is C15H15F2N3O. The zero-order chi connectivity index (χ0) is 15.2. The second-order valence-electron chi connectivity index (χ2n) is 4.38. The third kappa shape index (κ3) is 3.98. The first-order chi connectivity index (χ1) is 10.1. The maximum Gasteiger partial charge on any atom is 0.253 e. The average molecular weight is 291 g/mol. The lowest BCUT2D eigenvalue weighted by Gasteiger charge is -2.07. The highest BCUT2D eigenvalue weighted by molar-refractivity contribution is 5.94. The second-order valence-corrected chi connectivity index (χ2v) is 4.38. The molecule has 0 aliphatic carbocycles. The molecule has 0 saturated heterocycles. The van der Waals surface area contributed by atoms with E-state index in [1.165, 1.54) is 6.20 Å². The summed E-state index contributed by atoms with van der Waals surface area (Å²) in [5.74, 6) is -0.825. The molecule has 21 heavy (non-hydrogen) atoms. The third-order valence-corrected chi connectivity index (χ3v) is 2.83. The van der Waals surface area contributed by atoms with Crippen LogP contribution in [0.4, 0.5) is 14.6 Å². The van der Waals surface area contributed by atoms with Crippen molar-refractivity contribution in [2.24, 2.45) is 0 Å². The van der Waals surface area contributed by atoms with E-state index in [1.807, 2.05) is 6.92 Å². The summed E-state index contributed by atoms with van der Waals surface area (Å²) in [6.45, 7) is 2.59. The van der Waals surface area contributed by atoms with Crippen LogP contribution in [0.25, 0.3) is 0 Å². The van der Waals surface area contributed by atoms with Crippen LogP contribution >= 0.6 is 0 Å². The van der Waals surface area contributed by atoms with Gasteiger partial charge in [-0.2, -0.15) is 0 Å². The van der Waals surface area contributed by atoms with Crippen molar-refractivity contribution in [2.75, 3.05) is 11.9 Å². The van der Waals surface area contributed by atoms with Crippen molar-refractivity contribution in [3.05, 3.63) is 59.3 Å². The number of benzene rings is 1. The van der Waals surface area contributed by atoms with Gasteiger partial charge < -0.3 is 10.6 Å². The van der Waals surface area contributed by atoms with E-state index in [4.69, 9.17) is 0 Å². The maximum absolute atomic E-state index is 13.4. The van der Waals surface area contributed by atoms with Gasteiger partial charge in [0.1, 0.15) is 17.5 Å². The first kappa shape index (κ1) is 14.9. The Kier molecular flexibility index (Phi) is 4.81. The van der Waals surface area contributed by atoms with Crippen LogP contribution in [-0.2, 0) is 6.54 Å². The van der Waals surface area contributed by atoms with Gasteiger partial charge in [-0.15, -0.1) is 0 Å². The molecule has 0 atom stereocenters. The molecule has 0 spiro atoms. The van der Waals surface area contributed by atoms with E-state index in [9.17, 15) is 13.6 Å². The Morgan fingerprint density at radius 2 is 2.05 bits per heavy atom. The number of halogens is 2. The van der Waals surface area contributed by atoms with Crippen LogP contribution in [0.2, 0.25) is 0 Å². The number of carbonyl (C=O) groups excluding carboxylic acids is 1. The number of hydrogen-bond acceptors (Lipinski definition) is 3. The van der Waals surface area contributed by atoms with Crippen LogP contribution in [0.5, 0.6) is 0 Å². The minimum Gasteiger partial charge on any atom is -0.370 e. The standard InChI is InChI=1S/C15H15F2N3O/c1-2-18-14-6-3-10(8-19-14)15(21)20-9-11-7-12(16)4-5-13(11)17/h3-8H,2,9H2,1H3,(H,18,19)(H,20,21). The molecule has 2 N–H and O–H groups in total. The molecule has 1 aromatic carbocycles. The summed E-state index contributed by atoms with van der Waals surface area (Å²) in [5.41, 5.74) is 0.453. The van der Waals surface area contributed by atoms with Crippen molar-refractivity contribution in [3.8, 4) is 0 Å². The van der Waals surface area contributed by atoms with E-state index >= 15 is 0 Å². The monoisotopic (exact) mass is 291 g/mol. The summed E-state index contributed by atoms with van der Waals surface area (Å²) < 4.78 is 26.4. The smallest absolute Gasteiger partial charge is 0.253 e. The number of anilines is 1. The Balaban J connectivity index is 1.99. The highest BCUT2D eigenvalue weighted by Gasteiger charge is 2.08. The first-order valence-electron chi connectivity index (χ1n) is 6.52. The minimum atomic E-state index is -0.558. The lowest BCUT2D eigenvalue weighted by Crippen LogP contribution is -2.23. The highest BCUT2D eigenvalue weighted by Crippen LogP contribution is 2.10. The van der Waals surface area contributed by atoms with E-state index in [0.29, 0.717) is 11.4 Å². The lowest BCUT2D eigenvalue weighted by molar-refractivity contribution is 0.0950. The first-order valence-corrected chi connectivity index (χ1v) is 6.52. The molecule has 0 aliphatic rings. The summed E-state index contributed by atoms with van der Waals surface area (Å²) in [7, 11) is 0. The average Bonchev–Trinajstić information content (AvgIpc) is 2.49. The van der Waals surface area contributed by atoms with Gasteiger partial charge in [0.25, 0.3) is 5.91 Å². The van der Waals surface area contributed by atoms with E-state index in [2.05, 4.69) is 15.6 Å². The molecule has 110 valence electrons. The van der Waals surface area contributed by atoms with Crippen molar-refractivity contribution in [1.29, 1.82) is 0 Å². The van der Waals surface area contributed by atoms with Crippen molar-refractivity contribution in [1.82, 2.24) is 10.3 Å². The molecule has 6 heteroatoms. The highest BCUT2D eigenvalue weighted by atomic mass is 19.1. The Bertz CT molecular complexity index is 629. The van der Waals surface area contributed by atoms with Gasteiger partial charge in [-0.3, -0.25) is 4.79 Å². The summed E-state index contributed by atoms with van der Waals surface area (Å²) in [6, 6.07) is 6.42. The van der Waals surface area contributed by atoms with Gasteiger partial charge in [0, 0.05) is 24.8 Å². The van der Waals surface area contributed by atoms with Crippen LogP contribution in [-0.4, -0.2) is 17.4 Å². The molecule has 0 aliphatic heterocycles. The minimum absolute atomic E-state index is 0.0859. The number of nitrogens with one attached hydrogen (secondary N) is 2. The van der Waals surface area contributed by atoms with Crippen molar-refractivity contribution < 1.29 is 13.6 Å². The predicted molar refractivity (Wildman–Crippen MR) is 75.9 cm³/mol. The van der Waals surface area contributed by atoms with Crippen LogP contribution in [0, 0.1) is 11.6 Å². The molecule has 0 bridgehead atoms. The number of amides is 1. The number of aromatic nitrogens is 1. The summed E-state index contributed by atoms with van der Waals surface area (Å²) >= 11 is 0. The van der Waals surface area contributed by atoms with Gasteiger partial charge >= 0.3 is 0 Å². The second kappa shape index (κ2) is 6.78. The molecule has 0 radical (unpaired) electrons. The molecule has 0 fully saturated rings. The largest absolute Gasteiger partial charge is 0.370 e. The predicted octanol–water partition coefficient (Wildman–Crippen LogP) is 2.72. The van der Waals surface area contributed by atoms with Gasteiger partial charge in [-0.1, -0.05) is 0 Å². The van der Waals surface area contributed by atoms with E-state index in [1.54, 1.807) is 12.1 Å². The molecular weight excluding hydrogens is 276 g/mol. The van der Waals surface area contributed by atoms with Gasteiger partial charge in [0.15, 0.2) is 0 Å². The molecule has 1 aromatic heterocycles. The van der Waals surface area contributed by atoms with Crippen LogP contribution in [0.15, 0.2) is 36.5 Å². The number of pyridine rings is 1. The molecule has 4 nitrogen and oxygen atoms in total. The normalized spacial score (nSPS) is 10.2. The fourth-order valence-electron chi connectivity index (χ4n) is 1.77. The Morgan fingerprint density at radius 1 is 1.24 bits per heavy atom. The van der Waals surface area contributed by atoms with Gasteiger partial charge in [-0.05, 0) is 37.3 Å².